The minimum absolute atomic E-state index is 0.240. The lowest BCUT2D eigenvalue weighted by atomic mass is 10.1. The van der Waals surface area contributed by atoms with Crippen LogP contribution in [-0.4, -0.2) is 10.9 Å². The smallest absolute Gasteiger partial charge is 0.230 e. The molecule has 2 aromatic rings. The van der Waals surface area contributed by atoms with Gasteiger partial charge in [0.1, 0.15) is 0 Å². The maximum Gasteiger partial charge on any atom is 0.230 e. The molecule has 0 bridgehead atoms. The quantitative estimate of drug-likeness (QED) is 0.842. The summed E-state index contributed by atoms with van der Waals surface area (Å²) in [5, 5.41) is 0. The number of carbonyl (C=O) groups excluding carboxylic acids is 1. The highest BCUT2D eigenvalue weighted by Gasteiger charge is 2.52. The molecule has 1 aromatic carbocycles. The van der Waals surface area contributed by atoms with Crippen LogP contribution < -0.4 is 4.90 Å². The molecule has 4 rings (SSSR count). The molecule has 112 valence electrons. The fraction of sp³-hybridized carbons (Fsp3) is 0.368. The standard InChI is InChI=1S/C19H20N2O/c22-19(18-12-17(18)15-6-7-15)21(16-8-10-20-11-9-16)13-14-4-2-1-3-5-14/h1-5,8-11,15,17-18H,6-7,12-13H2/t17-,18+/m0/s1. The molecule has 2 saturated carbocycles. The first-order valence-corrected chi connectivity index (χ1v) is 8.08. The normalized spacial score (nSPS) is 23.1. The number of amides is 1. The molecule has 0 saturated heterocycles. The van der Waals surface area contributed by atoms with Crippen LogP contribution in [0.25, 0.3) is 0 Å². The Morgan fingerprint density at radius 3 is 2.50 bits per heavy atom. The highest BCUT2D eigenvalue weighted by Crippen LogP contribution is 2.55. The van der Waals surface area contributed by atoms with E-state index in [1.807, 2.05) is 35.2 Å². The Balaban J connectivity index is 1.56. The van der Waals surface area contributed by atoms with Crippen LogP contribution in [0.3, 0.4) is 0 Å². The second kappa shape index (κ2) is 5.56. The number of rotatable bonds is 5. The molecule has 1 amide bonds. The molecule has 0 aliphatic heterocycles. The van der Waals surface area contributed by atoms with E-state index in [-0.39, 0.29) is 11.8 Å². The van der Waals surface area contributed by atoms with Crippen molar-refractivity contribution in [2.75, 3.05) is 4.90 Å². The number of benzene rings is 1. The van der Waals surface area contributed by atoms with Gasteiger partial charge in [-0.15, -0.1) is 0 Å². The first kappa shape index (κ1) is 13.5. The zero-order valence-corrected chi connectivity index (χ0v) is 12.6. The van der Waals surface area contributed by atoms with E-state index in [4.69, 9.17) is 0 Å². The monoisotopic (exact) mass is 292 g/mol. The van der Waals surface area contributed by atoms with Gasteiger partial charge in [-0.1, -0.05) is 30.3 Å². The number of hydrogen-bond acceptors (Lipinski definition) is 2. The summed E-state index contributed by atoms with van der Waals surface area (Å²) >= 11 is 0. The van der Waals surface area contributed by atoms with E-state index >= 15 is 0 Å². The second-order valence-electron chi connectivity index (χ2n) is 6.46. The van der Waals surface area contributed by atoms with Gasteiger partial charge in [0, 0.05) is 24.0 Å². The Morgan fingerprint density at radius 1 is 1.09 bits per heavy atom. The third-order valence-corrected chi connectivity index (χ3v) is 4.81. The number of pyridine rings is 1. The van der Waals surface area contributed by atoms with Crippen LogP contribution >= 0.6 is 0 Å². The van der Waals surface area contributed by atoms with Crippen LogP contribution in [0.2, 0.25) is 0 Å². The number of carbonyl (C=O) groups is 1. The maximum absolute atomic E-state index is 13.0. The Kier molecular flexibility index (Phi) is 3.41. The van der Waals surface area contributed by atoms with Crippen molar-refractivity contribution < 1.29 is 4.79 Å². The number of hydrogen-bond donors (Lipinski definition) is 0. The summed E-state index contributed by atoms with van der Waals surface area (Å²) in [6.45, 7) is 0.636. The lowest BCUT2D eigenvalue weighted by molar-refractivity contribution is -0.120. The Bertz CT molecular complexity index is 652. The summed E-state index contributed by atoms with van der Waals surface area (Å²) in [6, 6.07) is 14.1. The van der Waals surface area contributed by atoms with Crippen LogP contribution in [0.4, 0.5) is 5.69 Å². The number of aromatic nitrogens is 1. The highest BCUT2D eigenvalue weighted by molar-refractivity contribution is 5.96. The average Bonchev–Trinajstić information content (AvgIpc) is 3.46. The van der Waals surface area contributed by atoms with Gasteiger partial charge < -0.3 is 4.90 Å². The van der Waals surface area contributed by atoms with Crippen LogP contribution in [-0.2, 0) is 11.3 Å². The molecule has 3 nitrogen and oxygen atoms in total. The van der Waals surface area contributed by atoms with E-state index < -0.39 is 0 Å². The van der Waals surface area contributed by atoms with Gasteiger partial charge in [-0.05, 0) is 48.8 Å². The van der Waals surface area contributed by atoms with Gasteiger partial charge in [-0.3, -0.25) is 9.78 Å². The average molecular weight is 292 g/mol. The molecule has 3 heteroatoms. The minimum atomic E-state index is 0.240. The van der Waals surface area contributed by atoms with E-state index in [0.29, 0.717) is 12.5 Å². The lowest BCUT2D eigenvalue weighted by Gasteiger charge is -2.23. The molecule has 2 atom stereocenters. The minimum Gasteiger partial charge on any atom is -0.308 e. The third kappa shape index (κ3) is 2.76. The van der Waals surface area contributed by atoms with Gasteiger partial charge >= 0.3 is 0 Å². The van der Waals surface area contributed by atoms with Gasteiger partial charge in [0.25, 0.3) is 0 Å². The largest absolute Gasteiger partial charge is 0.308 e. The van der Waals surface area contributed by atoms with Crippen LogP contribution in [0, 0.1) is 17.8 Å². The van der Waals surface area contributed by atoms with Crippen LogP contribution in [0.15, 0.2) is 54.9 Å². The summed E-state index contributed by atoms with van der Waals surface area (Å²) in [5.41, 5.74) is 2.11. The summed E-state index contributed by atoms with van der Waals surface area (Å²) in [5.74, 6) is 1.99. The summed E-state index contributed by atoms with van der Waals surface area (Å²) < 4.78 is 0. The molecule has 1 heterocycles. The second-order valence-corrected chi connectivity index (χ2v) is 6.46. The molecule has 2 aliphatic rings. The van der Waals surface area contributed by atoms with Crippen LogP contribution in [0.5, 0.6) is 0 Å². The summed E-state index contributed by atoms with van der Waals surface area (Å²) in [4.78, 5) is 19.0. The topological polar surface area (TPSA) is 33.2 Å². The zero-order chi connectivity index (χ0) is 14.9. The fourth-order valence-electron chi connectivity index (χ4n) is 3.33. The van der Waals surface area contributed by atoms with Crippen molar-refractivity contribution in [1.82, 2.24) is 4.98 Å². The highest BCUT2D eigenvalue weighted by atomic mass is 16.2. The SMILES string of the molecule is O=C([C@@H]1C[C@H]1C1CC1)N(Cc1ccccc1)c1ccncc1. The molecule has 0 radical (unpaired) electrons. The molecular formula is C19H20N2O. The zero-order valence-electron chi connectivity index (χ0n) is 12.6. The summed E-state index contributed by atoms with van der Waals surface area (Å²) in [7, 11) is 0. The van der Waals surface area contributed by atoms with Crippen molar-refractivity contribution in [2.45, 2.75) is 25.8 Å². The Labute approximate surface area is 131 Å². The van der Waals surface area contributed by atoms with Gasteiger partial charge in [0.05, 0.1) is 6.54 Å². The molecular weight excluding hydrogens is 272 g/mol. The third-order valence-electron chi connectivity index (χ3n) is 4.81. The van der Waals surface area contributed by atoms with Gasteiger partial charge in [-0.25, -0.2) is 0 Å². The van der Waals surface area contributed by atoms with Gasteiger partial charge in [0.15, 0.2) is 0 Å². The Morgan fingerprint density at radius 2 is 1.82 bits per heavy atom. The maximum atomic E-state index is 13.0. The van der Waals surface area contributed by atoms with E-state index in [1.54, 1.807) is 12.4 Å². The van der Waals surface area contributed by atoms with Crippen molar-refractivity contribution in [1.29, 1.82) is 0 Å². The van der Waals surface area contributed by atoms with Crippen molar-refractivity contribution in [3.63, 3.8) is 0 Å². The van der Waals surface area contributed by atoms with Crippen molar-refractivity contribution >= 4 is 11.6 Å². The molecule has 0 N–H and O–H groups in total. The van der Waals surface area contributed by atoms with E-state index in [0.717, 1.165) is 23.6 Å². The van der Waals surface area contributed by atoms with Crippen molar-refractivity contribution in [3.8, 4) is 0 Å². The van der Waals surface area contributed by atoms with Crippen molar-refractivity contribution in [2.24, 2.45) is 17.8 Å². The van der Waals surface area contributed by atoms with Crippen molar-refractivity contribution in [3.05, 3.63) is 60.4 Å². The predicted molar refractivity (Wildman–Crippen MR) is 86.2 cm³/mol. The summed E-state index contributed by atoms with van der Waals surface area (Å²) in [6.07, 6.45) is 7.24. The van der Waals surface area contributed by atoms with Gasteiger partial charge in [-0.2, -0.15) is 0 Å². The van der Waals surface area contributed by atoms with E-state index in [9.17, 15) is 4.79 Å². The fourth-order valence-corrected chi connectivity index (χ4v) is 3.33. The molecule has 0 spiro atoms. The van der Waals surface area contributed by atoms with Crippen LogP contribution in [0.1, 0.15) is 24.8 Å². The molecule has 0 unspecified atom stereocenters. The van der Waals surface area contributed by atoms with E-state index in [2.05, 4.69) is 17.1 Å². The number of nitrogens with zero attached hydrogens (tertiary/aromatic N) is 2. The molecule has 2 aliphatic carbocycles. The molecule has 2 fully saturated rings. The molecule has 22 heavy (non-hydrogen) atoms. The Hall–Kier alpha value is -2.16. The lowest BCUT2D eigenvalue weighted by Crippen LogP contribution is -2.32. The van der Waals surface area contributed by atoms with Gasteiger partial charge in [0.2, 0.25) is 5.91 Å². The van der Waals surface area contributed by atoms with E-state index in [1.165, 1.54) is 12.8 Å². The molecule has 1 aromatic heterocycles. The first-order valence-electron chi connectivity index (χ1n) is 8.08. The number of anilines is 1. The predicted octanol–water partition coefficient (Wildman–Crippen LogP) is 3.66. The first-order chi connectivity index (χ1) is 10.8.